The van der Waals surface area contributed by atoms with Crippen LogP contribution in [0.1, 0.15) is 48.8 Å². The van der Waals surface area contributed by atoms with Gasteiger partial charge >= 0.3 is 6.55 Å². The van der Waals surface area contributed by atoms with Gasteiger partial charge in [0.25, 0.3) is 5.91 Å². The fourth-order valence-electron chi connectivity index (χ4n) is 3.38. The number of likely N-dealkylation sites (tertiary alicyclic amines) is 1. The van der Waals surface area contributed by atoms with Crippen molar-refractivity contribution < 1.29 is 18.3 Å². The highest BCUT2D eigenvalue weighted by Crippen LogP contribution is 2.25. The Bertz CT molecular complexity index is 774. The summed E-state index contributed by atoms with van der Waals surface area (Å²) in [5.74, 6) is -0.0219. The molecule has 5 nitrogen and oxygen atoms in total. The van der Waals surface area contributed by atoms with E-state index in [2.05, 4.69) is 12.0 Å². The molecule has 27 heavy (non-hydrogen) atoms. The molecular formula is C20H25F2N3O2. The fourth-order valence-corrected chi connectivity index (χ4v) is 3.38. The first kappa shape index (κ1) is 19.5. The Kier molecular flexibility index (Phi) is 6.21. The van der Waals surface area contributed by atoms with Crippen molar-refractivity contribution in [3.8, 4) is 11.1 Å². The van der Waals surface area contributed by atoms with Gasteiger partial charge in [-0.05, 0) is 43.9 Å². The number of aromatic nitrogens is 2. The third-order valence-electron chi connectivity index (χ3n) is 4.78. The third-order valence-corrected chi connectivity index (χ3v) is 4.78. The molecular weight excluding hydrogens is 352 g/mol. The van der Waals surface area contributed by atoms with Gasteiger partial charge in [-0.1, -0.05) is 19.1 Å². The Morgan fingerprint density at radius 2 is 2.07 bits per heavy atom. The summed E-state index contributed by atoms with van der Waals surface area (Å²) < 4.78 is 32.0. The van der Waals surface area contributed by atoms with Gasteiger partial charge in [-0.3, -0.25) is 4.79 Å². The first-order valence-electron chi connectivity index (χ1n) is 9.34. The zero-order valence-corrected chi connectivity index (χ0v) is 15.7. The maximum atomic E-state index is 12.8. The highest BCUT2D eigenvalue weighted by Gasteiger charge is 2.25. The second-order valence-electron chi connectivity index (χ2n) is 6.85. The normalized spacial score (nSPS) is 17.5. The molecule has 1 fully saturated rings. The number of piperidine rings is 1. The predicted molar refractivity (Wildman–Crippen MR) is 98.8 cm³/mol. The summed E-state index contributed by atoms with van der Waals surface area (Å²) in [4.78, 5) is 14.6. The summed E-state index contributed by atoms with van der Waals surface area (Å²) in [5.41, 5.74) is 2.52. The molecule has 7 heteroatoms. The van der Waals surface area contributed by atoms with Gasteiger partial charge in [0.05, 0.1) is 11.8 Å². The Labute approximate surface area is 157 Å². The lowest BCUT2D eigenvalue weighted by Crippen LogP contribution is -2.43. The lowest BCUT2D eigenvalue weighted by molar-refractivity contribution is 0.00211. The van der Waals surface area contributed by atoms with Crippen molar-refractivity contribution in [2.24, 2.45) is 0 Å². The molecule has 2 aromatic rings. The summed E-state index contributed by atoms with van der Waals surface area (Å²) in [6.07, 6.45) is 4.31. The zero-order valence-electron chi connectivity index (χ0n) is 15.7. The zero-order chi connectivity index (χ0) is 19.4. The fraction of sp³-hybridized carbons (Fsp3) is 0.500. The number of carbonyl (C=O) groups excluding carboxylic acids is 1. The minimum Gasteiger partial charge on any atom is -0.376 e. The number of ether oxygens (including phenoxy) is 1. The number of carbonyl (C=O) groups is 1. The Morgan fingerprint density at radius 1 is 1.33 bits per heavy atom. The van der Waals surface area contributed by atoms with Gasteiger partial charge in [-0.2, -0.15) is 13.9 Å². The lowest BCUT2D eigenvalue weighted by atomic mass is 10.0. The van der Waals surface area contributed by atoms with Crippen LogP contribution in [0.15, 0.2) is 30.5 Å². The van der Waals surface area contributed by atoms with Crippen LogP contribution in [0.3, 0.4) is 0 Å². The molecule has 1 aromatic heterocycles. The number of aryl methyl sites for hydroxylation is 1. The summed E-state index contributed by atoms with van der Waals surface area (Å²) in [6, 6.07) is 7.05. The van der Waals surface area contributed by atoms with E-state index >= 15 is 0 Å². The van der Waals surface area contributed by atoms with Crippen LogP contribution in [0.2, 0.25) is 0 Å². The van der Waals surface area contributed by atoms with Crippen LogP contribution >= 0.6 is 0 Å². The summed E-state index contributed by atoms with van der Waals surface area (Å²) in [5, 5.41) is 3.83. The number of rotatable bonds is 6. The molecule has 1 saturated heterocycles. The first-order chi connectivity index (χ1) is 13.0. The van der Waals surface area contributed by atoms with Crippen molar-refractivity contribution in [1.29, 1.82) is 0 Å². The van der Waals surface area contributed by atoms with Crippen molar-refractivity contribution in [1.82, 2.24) is 14.7 Å². The second kappa shape index (κ2) is 8.61. The molecule has 0 saturated carbocycles. The number of hydrogen-bond donors (Lipinski definition) is 0. The molecule has 146 valence electrons. The van der Waals surface area contributed by atoms with E-state index in [0.717, 1.165) is 31.4 Å². The average molecular weight is 377 g/mol. The first-order valence-corrected chi connectivity index (χ1v) is 9.34. The van der Waals surface area contributed by atoms with Gasteiger partial charge in [0.1, 0.15) is 0 Å². The van der Waals surface area contributed by atoms with E-state index in [4.69, 9.17) is 4.74 Å². The molecule has 1 amide bonds. The Morgan fingerprint density at radius 3 is 2.70 bits per heavy atom. The van der Waals surface area contributed by atoms with Crippen molar-refractivity contribution in [3.05, 3.63) is 41.7 Å². The number of halogens is 2. The van der Waals surface area contributed by atoms with Gasteiger partial charge in [0.15, 0.2) is 0 Å². The van der Waals surface area contributed by atoms with Crippen LogP contribution in [0, 0.1) is 6.92 Å². The average Bonchev–Trinajstić information content (AvgIpc) is 3.08. The molecule has 0 radical (unpaired) electrons. The number of amides is 1. The highest BCUT2D eigenvalue weighted by atomic mass is 19.3. The van der Waals surface area contributed by atoms with E-state index < -0.39 is 6.55 Å². The van der Waals surface area contributed by atoms with Crippen molar-refractivity contribution in [3.63, 3.8) is 0 Å². The molecule has 1 aliphatic heterocycles. The third kappa shape index (κ3) is 4.53. The number of nitrogens with zero attached hydrogens (tertiary/aromatic N) is 3. The predicted octanol–water partition coefficient (Wildman–Crippen LogP) is 4.28. The quantitative estimate of drug-likeness (QED) is 0.755. The molecule has 1 aliphatic rings. The van der Waals surface area contributed by atoms with Crippen molar-refractivity contribution in [2.75, 3.05) is 19.7 Å². The number of alkyl halides is 2. The van der Waals surface area contributed by atoms with E-state index in [1.807, 2.05) is 4.90 Å². The molecule has 2 heterocycles. The molecule has 0 aliphatic carbocycles. The molecule has 1 atom stereocenters. The largest absolute Gasteiger partial charge is 0.376 e. The van der Waals surface area contributed by atoms with Crippen molar-refractivity contribution >= 4 is 5.91 Å². The van der Waals surface area contributed by atoms with Crippen LogP contribution in [0.5, 0.6) is 0 Å². The Balaban J connectivity index is 1.70. The maximum absolute atomic E-state index is 12.8. The lowest BCUT2D eigenvalue weighted by Gasteiger charge is -2.32. The van der Waals surface area contributed by atoms with Gasteiger partial charge in [-0.25, -0.2) is 4.68 Å². The molecule has 3 rings (SSSR count). The summed E-state index contributed by atoms with van der Waals surface area (Å²) in [6.45, 7) is 3.15. The van der Waals surface area contributed by atoms with Gasteiger partial charge in [0, 0.05) is 37.0 Å². The second-order valence-corrected chi connectivity index (χ2v) is 6.85. The van der Waals surface area contributed by atoms with E-state index in [0.29, 0.717) is 34.7 Å². The standard InChI is InChI=1S/C20H25F2N3O2/c1-3-11-27-17-5-4-10-24(12-17)19(26)16-8-6-15(7-9-16)18-13-25(20(21)22)23-14(18)2/h6-9,13,17,20H,3-5,10-12H2,1-2H3. The van der Waals surface area contributed by atoms with Crippen molar-refractivity contribution in [2.45, 2.75) is 45.8 Å². The monoisotopic (exact) mass is 377 g/mol. The van der Waals surface area contributed by atoms with E-state index in [-0.39, 0.29) is 12.0 Å². The van der Waals surface area contributed by atoms with E-state index in [9.17, 15) is 13.6 Å². The van der Waals surface area contributed by atoms with Gasteiger partial charge < -0.3 is 9.64 Å². The van der Waals surface area contributed by atoms with E-state index in [1.165, 1.54) is 6.20 Å². The molecule has 0 N–H and O–H groups in total. The molecule has 0 bridgehead atoms. The highest BCUT2D eigenvalue weighted by molar-refractivity contribution is 5.94. The van der Waals surface area contributed by atoms with Gasteiger partial charge in [0.2, 0.25) is 0 Å². The topological polar surface area (TPSA) is 47.4 Å². The summed E-state index contributed by atoms with van der Waals surface area (Å²) >= 11 is 0. The molecule has 1 unspecified atom stereocenters. The summed E-state index contributed by atoms with van der Waals surface area (Å²) in [7, 11) is 0. The van der Waals surface area contributed by atoms with Crippen LogP contribution in [0.25, 0.3) is 11.1 Å². The number of benzene rings is 1. The minimum atomic E-state index is -2.67. The Hall–Kier alpha value is -2.28. The van der Waals surface area contributed by atoms with E-state index in [1.54, 1.807) is 31.2 Å². The smallest absolute Gasteiger partial charge is 0.333 e. The minimum absolute atomic E-state index is 0.0219. The molecule has 1 aromatic carbocycles. The molecule has 0 spiro atoms. The SMILES string of the molecule is CCCOC1CCCN(C(=O)c2ccc(-c3cn(C(F)F)nc3C)cc2)C1. The van der Waals surface area contributed by atoms with Crippen LogP contribution in [-0.2, 0) is 4.74 Å². The maximum Gasteiger partial charge on any atom is 0.333 e. The van der Waals surface area contributed by atoms with Gasteiger partial charge in [-0.15, -0.1) is 0 Å². The van der Waals surface area contributed by atoms with Crippen LogP contribution in [-0.4, -0.2) is 46.4 Å². The van der Waals surface area contributed by atoms with Crippen LogP contribution < -0.4 is 0 Å². The van der Waals surface area contributed by atoms with Crippen LogP contribution in [0.4, 0.5) is 8.78 Å². The number of hydrogen-bond acceptors (Lipinski definition) is 3.